The average molecular weight is 493 g/mol. The van der Waals surface area contributed by atoms with Gasteiger partial charge in [-0.15, -0.1) is 0 Å². The molecule has 1 aliphatic carbocycles. The largest absolute Gasteiger partial charge is 0.497 e. The highest BCUT2D eigenvalue weighted by molar-refractivity contribution is 5.93. The van der Waals surface area contributed by atoms with Gasteiger partial charge in [0.05, 0.1) is 30.7 Å². The molecule has 9 heteroatoms. The second-order valence-corrected chi connectivity index (χ2v) is 10.2. The Balaban J connectivity index is 1.39. The van der Waals surface area contributed by atoms with E-state index in [2.05, 4.69) is 9.88 Å². The Hall–Kier alpha value is -3.59. The number of likely N-dealkylation sites (tertiary alicyclic amines) is 1. The van der Waals surface area contributed by atoms with Gasteiger partial charge < -0.3 is 29.5 Å². The lowest BCUT2D eigenvalue weighted by Crippen LogP contribution is -2.68. The topological polar surface area (TPSA) is 87.0 Å². The van der Waals surface area contributed by atoms with Crippen LogP contribution in [0.15, 0.2) is 42.5 Å². The van der Waals surface area contributed by atoms with E-state index in [4.69, 9.17) is 4.74 Å². The predicted molar refractivity (Wildman–Crippen MR) is 132 cm³/mol. The summed E-state index contributed by atoms with van der Waals surface area (Å²) < 4.78 is 21.1. The zero-order valence-electron chi connectivity index (χ0n) is 20.3. The number of fused-ring (bicyclic) bond motifs is 4. The summed E-state index contributed by atoms with van der Waals surface area (Å²) in [6, 6.07) is 11.0. The Bertz CT molecular complexity index is 1380. The molecule has 3 aromatic rings. The van der Waals surface area contributed by atoms with Crippen LogP contribution in [0.3, 0.4) is 0 Å². The van der Waals surface area contributed by atoms with Crippen molar-refractivity contribution in [3.63, 3.8) is 0 Å². The van der Waals surface area contributed by atoms with Gasteiger partial charge in [-0.1, -0.05) is 6.07 Å². The molecule has 1 spiro atoms. The Kier molecular flexibility index (Phi) is 5.22. The number of nitrogens with zero attached hydrogens (tertiary/aromatic N) is 3. The smallest absolute Gasteiger partial charge is 0.321 e. The first kappa shape index (κ1) is 22.8. The average Bonchev–Trinajstić information content (AvgIpc) is 3.66. The second kappa shape index (κ2) is 8.23. The van der Waals surface area contributed by atoms with Crippen molar-refractivity contribution in [3.05, 3.63) is 59.5 Å². The number of aliphatic hydroxyl groups excluding tert-OH is 1. The van der Waals surface area contributed by atoms with Crippen LogP contribution in [0.2, 0.25) is 0 Å². The molecule has 2 fully saturated rings. The third-order valence-electron chi connectivity index (χ3n) is 7.88. The van der Waals surface area contributed by atoms with E-state index >= 15 is 0 Å². The highest BCUT2D eigenvalue weighted by atomic mass is 19.1. The van der Waals surface area contributed by atoms with Crippen LogP contribution in [0.5, 0.6) is 5.75 Å². The molecule has 2 aromatic carbocycles. The van der Waals surface area contributed by atoms with Gasteiger partial charge >= 0.3 is 6.03 Å². The number of anilines is 1. The van der Waals surface area contributed by atoms with Crippen molar-refractivity contribution >= 4 is 28.5 Å². The summed E-state index contributed by atoms with van der Waals surface area (Å²) in [4.78, 5) is 29.9. The van der Waals surface area contributed by atoms with E-state index in [9.17, 15) is 19.1 Å². The quantitative estimate of drug-likeness (QED) is 0.585. The van der Waals surface area contributed by atoms with Crippen molar-refractivity contribution in [2.24, 2.45) is 13.0 Å². The van der Waals surface area contributed by atoms with E-state index in [1.165, 1.54) is 12.1 Å². The van der Waals surface area contributed by atoms with Crippen LogP contribution in [-0.2, 0) is 17.3 Å². The van der Waals surface area contributed by atoms with Gasteiger partial charge in [-0.2, -0.15) is 0 Å². The highest BCUT2D eigenvalue weighted by Crippen LogP contribution is 2.50. The van der Waals surface area contributed by atoms with Gasteiger partial charge in [0.1, 0.15) is 11.6 Å². The first-order chi connectivity index (χ1) is 17.3. The number of hydrogen-bond acceptors (Lipinski definition) is 4. The third-order valence-corrected chi connectivity index (χ3v) is 7.88. The monoisotopic (exact) mass is 492 g/mol. The van der Waals surface area contributed by atoms with E-state index in [-0.39, 0.29) is 24.5 Å². The molecule has 3 aliphatic rings. The molecule has 0 unspecified atom stereocenters. The molecule has 188 valence electrons. The molecule has 0 radical (unpaired) electrons. The van der Waals surface area contributed by atoms with E-state index < -0.39 is 17.3 Å². The van der Waals surface area contributed by atoms with Gasteiger partial charge in [0, 0.05) is 55.4 Å². The van der Waals surface area contributed by atoms with E-state index in [0.29, 0.717) is 25.3 Å². The molecule has 1 saturated carbocycles. The van der Waals surface area contributed by atoms with Gasteiger partial charge in [-0.3, -0.25) is 4.79 Å². The van der Waals surface area contributed by atoms with Gasteiger partial charge in [-0.05, 0) is 48.7 Å². The highest BCUT2D eigenvalue weighted by Gasteiger charge is 2.56. The van der Waals surface area contributed by atoms with Crippen LogP contribution in [0, 0.1) is 11.7 Å². The standard InChI is InChI=1S/C27H29FN4O4/c1-30-21-11-19(36-2)8-9-20(21)23-24(30)22(12-33)32(25(34)16-6-7-16)15-27(23)13-31(14-27)26(35)29-18-5-3-4-17(28)10-18/h3-5,8-11,16,22,33H,6-7,12-15H2,1-2H3,(H,29,35)/t22-/m0/s1. The fourth-order valence-electron chi connectivity index (χ4n) is 6.01. The second-order valence-electron chi connectivity index (χ2n) is 10.2. The molecule has 1 saturated heterocycles. The number of carbonyl (C=O) groups is 2. The van der Waals surface area contributed by atoms with E-state index in [1.807, 2.05) is 30.1 Å². The third kappa shape index (κ3) is 3.44. The van der Waals surface area contributed by atoms with Crippen molar-refractivity contribution in [2.75, 3.05) is 38.7 Å². The molecule has 3 amide bonds. The number of benzene rings is 2. The minimum Gasteiger partial charge on any atom is -0.497 e. The van der Waals surface area contributed by atoms with Gasteiger partial charge in [0.2, 0.25) is 5.91 Å². The molecule has 6 rings (SSSR count). The van der Waals surface area contributed by atoms with Crippen LogP contribution in [0.1, 0.15) is 30.1 Å². The number of carbonyl (C=O) groups excluding carboxylic acids is 2. The molecule has 0 bridgehead atoms. The number of aliphatic hydroxyl groups is 1. The number of halogens is 1. The number of amides is 3. The molecular weight excluding hydrogens is 463 g/mol. The first-order valence-electron chi connectivity index (χ1n) is 12.2. The lowest BCUT2D eigenvalue weighted by Gasteiger charge is -2.56. The summed E-state index contributed by atoms with van der Waals surface area (Å²) in [6.45, 7) is 1.10. The summed E-state index contributed by atoms with van der Waals surface area (Å²) >= 11 is 0. The number of aromatic nitrogens is 1. The summed E-state index contributed by atoms with van der Waals surface area (Å²) in [5.41, 5.74) is 2.88. The van der Waals surface area contributed by atoms with Gasteiger partial charge in [-0.25, -0.2) is 9.18 Å². The fraction of sp³-hybridized carbons (Fsp3) is 0.407. The number of ether oxygens (including phenoxy) is 1. The van der Waals surface area contributed by atoms with Crippen LogP contribution in [0.4, 0.5) is 14.9 Å². The van der Waals surface area contributed by atoms with Crippen LogP contribution < -0.4 is 10.1 Å². The number of rotatable bonds is 4. The normalized spacial score (nSPS) is 20.3. The van der Waals surface area contributed by atoms with Crippen LogP contribution >= 0.6 is 0 Å². The molecule has 2 N–H and O–H groups in total. The summed E-state index contributed by atoms with van der Waals surface area (Å²) in [6.07, 6.45) is 1.75. The summed E-state index contributed by atoms with van der Waals surface area (Å²) in [5.74, 6) is 0.399. The van der Waals surface area contributed by atoms with E-state index in [0.717, 1.165) is 40.8 Å². The molecular formula is C27H29FN4O4. The summed E-state index contributed by atoms with van der Waals surface area (Å²) in [7, 11) is 3.58. The maximum Gasteiger partial charge on any atom is 0.321 e. The maximum atomic E-state index is 13.6. The van der Waals surface area contributed by atoms with Crippen LogP contribution in [0.25, 0.3) is 10.9 Å². The number of urea groups is 1. The molecule has 1 atom stereocenters. The zero-order chi connectivity index (χ0) is 25.2. The number of methoxy groups -OCH3 is 1. The van der Waals surface area contributed by atoms with Crippen molar-refractivity contribution in [2.45, 2.75) is 24.3 Å². The Morgan fingerprint density at radius 3 is 2.61 bits per heavy atom. The van der Waals surface area contributed by atoms with Gasteiger partial charge in [0.15, 0.2) is 0 Å². The minimum absolute atomic E-state index is 0.0138. The predicted octanol–water partition coefficient (Wildman–Crippen LogP) is 3.40. The molecule has 3 heterocycles. The van der Waals surface area contributed by atoms with E-state index in [1.54, 1.807) is 24.1 Å². The first-order valence-corrected chi connectivity index (χ1v) is 12.2. The minimum atomic E-state index is -0.459. The summed E-state index contributed by atoms with van der Waals surface area (Å²) in [5, 5.41) is 14.3. The maximum absolute atomic E-state index is 13.6. The molecule has 8 nitrogen and oxygen atoms in total. The molecule has 1 aromatic heterocycles. The van der Waals surface area contributed by atoms with Gasteiger partial charge in [0.25, 0.3) is 0 Å². The van der Waals surface area contributed by atoms with Crippen molar-refractivity contribution in [1.29, 1.82) is 0 Å². The Labute approximate surface area is 208 Å². The Morgan fingerprint density at radius 1 is 1.17 bits per heavy atom. The molecule has 36 heavy (non-hydrogen) atoms. The zero-order valence-corrected chi connectivity index (χ0v) is 20.3. The SMILES string of the molecule is COc1ccc2c3c(n(C)c2c1)[C@H](CO)N(C(=O)C1CC1)CC31CN(C(=O)Nc2cccc(F)c2)C1. The van der Waals surface area contributed by atoms with Crippen molar-refractivity contribution in [3.8, 4) is 5.75 Å². The number of aryl methyl sites for hydroxylation is 1. The number of nitrogens with one attached hydrogen (secondary N) is 1. The lowest BCUT2D eigenvalue weighted by atomic mass is 9.68. The molecule has 2 aliphatic heterocycles. The number of hydrogen-bond donors (Lipinski definition) is 2. The van der Waals surface area contributed by atoms with Crippen LogP contribution in [-0.4, -0.2) is 64.8 Å². The fourth-order valence-corrected chi connectivity index (χ4v) is 6.01. The van der Waals surface area contributed by atoms with Crippen molar-refractivity contribution < 1.29 is 23.8 Å². The van der Waals surface area contributed by atoms with Crippen molar-refractivity contribution in [1.82, 2.24) is 14.4 Å². The Morgan fingerprint density at radius 2 is 1.94 bits per heavy atom. The lowest BCUT2D eigenvalue weighted by molar-refractivity contribution is -0.139.